The molecule has 9 heteroatoms. The summed E-state index contributed by atoms with van der Waals surface area (Å²) in [7, 11) is 0. The molecule has 0 aliphatic carbocycles. The average molecular weight is 344 g/mol. The second-order valence-corrected chi connectivity index (χ2v) is 6.79. The fraction of sp³-hybridized carbons (Fsp3) is 0.562. The van der Waals surface area contributed by atoms with Crippen molar-refractivity contribution in [3.63, 3.8) is 0 Å². The molecule has 1 aliphatic heterocycles. The molecule has 1 aliphatic rings. The first-order valence-corrected chi connectivity index (χ1v) is 7.92. The highest BCUT2D eigenvalue weighted by atomic mass is 16.6. The van der Waals surface area contributed by atoms with Gasteiger partial charge >= 0.3 is 6.09 Å². The number of carbonyl (C=O) groups excluding carboxylic acids is 2. The standard InChI is InChI=1S/C16H20N6O3/c1-16(2,3)25-15(24)22-6-4-5-10(9-22)13(23)21-14-19-11(7-17)12(8-18)20-14/h10H,4-6,9H2,1-3H3,(H2,19,20,21,23). The number of ether oxygens (including phenoxy) is 1. The number of H-pyrrole nitrogens is 1. The van der Waals surface area contributed by atoms with Gasteiger partial charge in [-0.2, -0.15) is 10.5 Å². The maximum Gasteiger partial charge on any atom is 0.410 e. The molecule has 0 aromatic carbocycles. The maximum atomic E-state index is 12.4. The number of amides is 2. The van der Waals surface area contributed by atoms with Crippen molar-refractivity contribution < 1.29 is 14.3 Å². The zero-order valence-corrected chi connectivity index (χ0v) is 14.4. The lowest BCUT2D eigenvalue weighted by atomic mass is 9.97. The van der Waals surface area contributed by atoms with Crippen LogP contribution in [0.3, 0.4) is 0 Å². The molecule has 1 aromatic heterocycles. The summed E-state index contributed by atoms with van der Waals surface area (Å²) in [6, 6.07) is 3.58. The minimum absolute atomic E-state index is 0.00294. The summed E-state index contributed by atoms with van der Waals surface area (Å²) in [5.74, 6) is -0.689. The van der Waals surface area contributed by atoms with Gasteiger partial charge in [0.2, 0.25) is 11.9 Å². The van der Waals surface area contributed by atoms with Crippen LogP contribution in [0, 0.1) is 28.6 Å². The van der Waals surface area contributed by atoms with E-state index in [1.807, 2.05) is 0 Å². The van der Waals surface area contributed by atoms with E-state index in [2.05, 4.69) is 15.3 Å². The molecule has 2 N–H and O–H groups in total. The van der Waals surface area contributed by atoms with E-state index in [0.29, 0.717) is 19.4 Å². The van der Waals surface area contributed by atoms with Crippen LogP contribution in [0.1, 0.15) is 45.0 Å². The van der Waals surface area contributed by atoms with Gasteiger partial charge < -0.3 is 14.6 Å². The van der Waals surface area contributed by atoms with Crippen LogP contribution in [0.2, 0.25) is 0 Å². The summed E-state index contributed by atoms with van der Waals surface area (Å²) < 4.78 is 5.34. The van der Waals surface area contributed by atoms with Gasteiger partial charge in [-0.15, -0.1) is 0 Å². The monoisotopic (exact) mass is 344 g/mol. The number of rotatable bonds is 2. The van der Waals surface area contributed by atoms with Gasteiger partial charge in [0.05, 0.1) is 5.92 Å². The van der Waals surface area contributed by atoms with Gasteiger partial charge in [0, 0.05) is 13.1 Å². The highest BCUT2D eigenvalue weighted by molar-refractivity contribution is 5.91. The number of nitrogens with zero attached hydrogens (tertiary/aromatic N) is 4. The number of nitrogens with one attached hydrogen (secondary N) is 2. The summed E-state index contributed by atoms with van der Waals surface area (Å²) in [5, 5.41) is 20.3. The van der Waals surface area contributed by atoms with Crippen LogP contribution in [-0.2, 0) is 9.53 Å². The normalized spacial score (nSPS) is 17.3. The molecular weight excluding hydrogens is 324 g/mol. The van der Waals surface area contributed by atoms with Crippen molar-refractivity contribution in [3.8, 4) is 12.1 Å². The van der Waals surface area contributed by atoms with Crippen molar-refractivity contribution in [1.29, 1.82) is 10.5 Å². The Labute approximate surface area is 145 Å². The predicted octanol–water partition coefficient (Wildman–Crippen LogP) is 1.74. The number of nitriles is 2. The van der Waals surface area contributed by atoms with Crippen LogP contribution < -0.4 is 5.32 Å². The molecule has 0 saturated carbocycles. The number of imidazole rings is 1. The first-order chi connectivity index (χ1) is 11.7. The summed E-state index contributed by atoms with van der Waals surface area (Å²) >= 11 is 0. The van der Waals surface area contributed by atoms with Gasteiger partial charge in [-0.1, -0.05) is 0 Å². The summed E-state index contributed by atoms with van der Waals surface area (Å²) in [5.41, 5.74) is -0.671. The number of carbonyl (C=O) groups is 2. The van der Waals surface area contributed by atoms with Crippen molar-refractivity contribution in [1.82, 2.24) is 14.9 Å². The number of aromatic amines is 1. The van der Waals surface area contributed by atoms with Gasteiger partial charge in [-0.05, 0) is 33.6 Å². The number of aromatic nitrogens is 2. The topological polar surface area (TPSA) is 135 Å². The smallest absolute Gasteiger partial charge is 0.410 e. The van der Waals surface area contributed by atoms with Crippen molar-refractivity contribution in [2.24, 2.45) is 5.92 Å². The van der Waals surface area contributed by atoms with E-state index in [4.69, 9.17) is 15.3 Å². The fourth-order valence-electron chi connectivity index (χ4n) is 2.50. The molecule has 1 aromatic rings. The fourth-order valence-corrected chi connectivity index (χ4v) is 2.50. The Balaban J connectivity index is 2.00. The molecule has 2 rings (SSSR count). The second kappa shape index (κ2) is 7.22. The Morgan fingerprint density at radius 2 is 2.08 bits per heavy atom. The number of piperidine rings is 1. The number of likely N-dealkylation sites (tertiary alicyclic amines) is 1. The van der Waals surface area contributed by atoms with E-state index >= 15 is 0 Å². The zero-order valence-electron chi connectivity index (χ0n) is 14.4. The van der Waals surface area contributed by atoms with Crippen LogP contribution >= 0.6 is 0 Å². The van der Waals surface area contributed by atoms with Gasteiger partial charge in [-0.25, -0.2) is 9.78 Å². The maximum absolute atomic E-state index is 12.4. The second-order valence-electron chi connectivity index (χ2n) is 6.79. The van der Waals surface area contributed by atoms with E-state index in [1.54, 1.807) is 32.9 Å². The molecule has 2 amide bonds. The average Bonchev–Trinajstić information content (AvgIpc) is 2.95. The molecule has 1 unspecified atom stereocenters. The lowest BCUT2D eigenvalue weighted by Gasteiger charge is -2.33. The molecule has 2 heterocycles. The highest BCUT2D eigenvalue weighted by Gasteiger charge is 2.31. The molecule has 25 heavy (non-hydrogen) atoms. The van der Waals surface area contributed by atoms with Gasteiger partial charge in [0.1, 0.15) is 17.7 Å². The molecule has 0 bridgehead atoms. The van der Waals surface area contributed by atoms with Crippen LogP contribution in [0.15, 0.2) is 0 Å². The first kappa shape index (κ1) is 18.3. The summed E-state index contributed by atoms with van der Waals surface area (Å²) in [6.45, 7) is 6.15. The largest absolute Gasteiger partial charge is 0.444 e. The third kappa shape index (κ3) is 4.70. The summed E-state index contributed by atoms with van der Waals surface area (Å²) in [4.78, 5) is 32.5. The third-order valence-corrected chi connectivity index (χ3v) is 3.61. The van der Waals surface area contributed by atoms with Crippen molar-refractivity contribution in [2.45, 2.75) is 39.2 Å². The van der Waals surface area contributed by atoms with Gasteiger partial charge in [0.15, 0.2) is 11.4 Å². The molecule has 132 valence electrons. The number of hydrogen-bond acceptors (Lipinski definition) is 6. The van der Waals surface area contributed by atoms with E-state index in [-0.39, 0.29) is 29.8 Å². The van der Waals surface area contributed by atoms with Crippen molar-refractivity contribution in [3.05, 3.63) is 11.4 Å². The van der Waals surface area contributed by atoms with E-state index in [0.717, 1.165) is 0 Å². The Kier molecular flexibility index (Phi) is 5.28. The lowest BCUT2D eigenvalue weighted by Crippen LogP contribution is -2.45. The molecule has 9 nitrogen and oxygen atoms in total. The minimum Gasteiger partial charge on any atom is -0.444 e. The molecule has 1 saturated heterocycles. The third-order valence-electron chi connectivity index (χ3n) is 3.61. The number of hydrogen-bond donors (Lipinski definition) is 2. The Hall–Kier alpha value is -3.07. The molecule has 0 radical (unpaired) electrons. The quantitative estimate of drug-likeness (QED) is 0.839. The van der Waals surface area contributed by atoms with Crippen molar-refractivity contribution in [2.75, 3.05) is 18.4 Å². The van der Waals surface area contributed by atoms with Crippen LogP contribution in [0.4, 0.5) is 10.7 Å². The van der Waals surface area contributed by atoms with E-state index in [1.165, 1.54) is 4.90 Å². The molecule has 0 spiro atoms. The summed E-state index contributed by atoms with van der Waals surface area (Å²) in [6.07, 6.45) is 0.867. The Morgan fingerprint density at radius 1 is 1.36 bits per heavy atom. The molecular formula is C16H20N6O3. The Bertz CT molecular complexity index is 718. The van der Waals surface area contributed by atoms with Crippen LogP contribution in [-0.4, -0.2) is 45.6 Å². The number of anilines is 1. The van der Waals surface area contributed by atoms with Gasteiger partial charge in [-0.3, -0.25) is 10.1 Å². The first-order valence-electron chi connectivity index (χ1n) is 7.92. The van der Waals surface area contributed by atoms with Crippen LogP contribution in [0.25, 0.3) is 0 Å². The van der Waals surface area contributed by atoms with E-state index in [9.17, 15) is 9.59 Å². The molecule has 1 atom stereocenters. The molecule has 1 fully saturated rings. The van der Waals surface area contributed by atoms with Crippen LogP contribution in [0.5, 0.6) is 0 Å². The predicted molar refractivity (Wildman–Crippen MR) is 87.2 cm³/mol. The SMILES string of the molecule is CC(C)(C)OC(=O)N1CCCC(C(=O)Nc2nc(C#N)c(C#N)[nH]2)C1. The van der Waals surface area contributed by atoms with E-state index < -0.39 is 17.6 Å². The lowest BCUT2D eigenvalue weighted by molar-refractivity contribution is -0.121. The Morgan fingerprint density at radius 3 is 2.64 bits per heavy atom. The van der Waals surface area contributed by atoms with Gasteiger partial charge in [0.25, 0.3) is 0 Å². The van der Waals surface area contributed by atoms with Crippen molar-refractivity contribution >= 4 is 17.9 Å². The highest BCUT2D eigenvalue weighted by Crippen LogP contribution is 2.21. The minimum atomic E-state index is -0.595. The zero-order chi connectivity index (χ0) is 18.6.